The van der Waals surface area contributed by atoms with Gasteiger partial charge in [0.25, 0.3) is 0 Å². The third kappa shape index (κ3) is 4.21. The minimum atomic E-state index is 0.104. The third-order valence-electron chi connectivity index (χ3n) is 2.53. The fraction of sp³-hybridized carbons (Fsp3) is 0.231. The first-order chi connectivity index (χ1) is 9.06. The first kappa shape index (κ1) is 14.8. The molecule has 0 aliphatic carbocycles. The Kier molecular flexibility index (Phi) is 5.27. The van der Waals surface area contributed by atoms with Gasteiger partial charge in [-0.1, -0.05) is 6.07 Å². The number of likely N-dealkylation sites (N-methyl/N-ethyl adjacent to an activating group) is 1. The lowest BCUT2D eigenvalue weighted by Crippen LogP contribution is -2.25. The van der Waals surface area contributed by atoms with Crippen molar-refractivity contribution < 1.29 is 4.79 Å². The van der Waals surface area contributed by atoms with E-state index < -0.39 is 0 Å². The molecule has 0 atom stereocenters. The van der Waals surface area contributed by atoms with Gasteiger partial charge in [-0.25, -0.2) is 0 Å². The maximum Gasteiger partial charge on any atom is 0.178 e. The third-order valence-corrected chi connectivity index (χ3v) is 4.87. The molecule has 2 aromatic rings. The van der Waals surface area contributed by atoms with Crippen LogP contribution >= 0.6 is 43.2 Å². The summed E-state index contributed by atoms with van der Waals surface area (Å²) < 4.78 is 1.82. The van der Waals surface area contributed by atoms with E-state index in [4.69, 9.17) is 0 Å². The summed E-state index contributed by atoms with van der Waals surface area (Å²) in [4.78, 5) is 18.4. The SMILES string of the molecule is CN(CC(=O)c1cc(Br)sc1Br)Cc1ccccn1. The van der Waals surface area contributed by atoms with Crippen LogP contribution < -0.4 is 0 Å². The number of ketones is 1. The Morgan fingerprint density at radius 2 is 2.21 bits per heavy atom. The fourth-order valence-corrected chi connectivity index (χ4v) is 4.54. The lowest BCUT2D eigenvalue weighted by molar-refractivity contribution is 0.0942. The summed E-state index contributed by atoms with van der Waals surface area (Å²) in [5, 5.41) is 0. The average Bonchev–Trinajstić information content (AvgIpc) is 2.69. The zero-order valence-corrected chi connectivity index (χ0v) is 14.3. The van der Waals surface area contributed by atoms with Gasteiger partial charge in [-0.05, 0) is 57.1 Å². The van der Waals surface area contributed by atoms with Gasteiger partial charge in [-0.2, -0.15) is 0 Å². The van der Waals surface area contributed by atoms with E-state index >= 15 is 0 Å². The molecular weight excluding hydrogens is 392 g/mol. The predicted molar refractivity (Wildman–Crippen MR) is 84.6 cm³/mol. The molecule has 0 fully saturated rings. The number of pyridine rings is 1. The van der Waals surface area contributed by atoms with E-state index in [2.05, 4.69) is 36.8 Å². The maximum atomic E-state index is 12.2. The van der Waals surface area contributed by atoms with Crippen molar-refractivity contribution in [2.24, 2.45) is 0 Å². The molecule has 0 bridgehead atoms. The molecule has 0 radical (unpaired) electrons. The van der Waals surface area contributed by atoms with Gasteiger partial charge in [0, 0.05) is 18.3 Å². The van der Waals surface area contributed by atoms with Crippen molar-refractivity contribution in [3.63, 3.8) is 0 Å². The van der Waals surface area contributed by atoms with E-state index in [1.807, 2.05) is 36.2 Å². The Balaban J connectivity index is 1.97. The summed E-state index contributed by atoms with van der Waals surface area (Å²) in [7, 11) is 1.92. The summed E-state index contributed by atoms with van der Waals surface area (Å²) in [5.41, 5.74) is 1.69. The topological polar surface area (TPSA) is 33.2 Å². The number of carbonyl (C=O) groups excluding carboxylic acids is 1. The predicted octanol–water partition coefficient (Wildman–Crippen LogP) is 3.98. The molecule has 0 unspecified atom stereocenters. The Morgan fingerprint density at radius 1 is 1.42 bits per heavy atom. The highest BCUT2D eigenvalue weighted by Crippen LogP contribution is 2.32. The lowest BCUT2D eigenvalue weighted by atomic mass is 10.2. The van der Waals surface area contributed by atoms with E-state index in [-0.39, 0.29) is 5.78 Å². The summed E-state index contributed by atoms with van der Waals surface area (Å²) in [6.07, 6.45) is 1.76. The van der Waals surface area contributed by atoms with Crippen LogP contribution in [0.15, 0.2) is 38.0 Å². The molecule has 0 N–H and O–H groups in total. The number of Topliss-reactive ketones (excluding diaryl/α,β-unsaturated/α-hetero) is 1. The van der Waals surface area contributed by atoms with Crippen molar-refractivity contribution in [3.8, 4) is 0 Å². The monoisotopic (exact) mass is 402 g/mol. The molecule has 0 saturated heterocycles. The van der Waals surface area contributed by atoms with Crippen molar-refractivity contribution in [2.75, 3.05) is 13.6 Å². The highest BCUT2D eigenvalue weighted by Gasteiger charge is 2.15. The Bertz CT molecular complexity index is 571. The summed E-state index contributed by atoms with van der Waals surface area (Å²) in [5.74, 6) is 0.104. The van der Waals surface area contributed by atoms with Crippen LogP contribution in [0.3, 0.4) is 0 Å². The molecule has 100 valence electrons. The molecule has 0 spiro atoms. The number of thiophene rings is 1. The van der Waals surface area contributed by atoms with E-state index in [9.17, 15) is 4.79 Å². The van der Waals surface area contributed by atoms with Gasteiger partial charge in [-0.3, -0.25) is 14.7 Å². The average molecular weight is 404 g/mol. The zero-order chi connectivity index (χ0) is 13.8. The van der Waals surface area contributed by atoms with Crippen LogP contribution in [0, 0.1) is 0 Å². The fourth-order valence-electron chi connectivity index (χ4n) is 1.68. The van der Waals surface area contributed by atoms with E-state index in [1.54, 1.807) is 6.20 Å². The van der Waals surface area contributed by atoms with Crippen molar-refractivity contribution in [2.45, 2.75) is 6.54 Å². The minimum absolute atomic E-state index is 0.104. The van der Waals surface area contributed by atoms with Crippen LogP contribution in [0.1, 0.15) is 16.1 Å². The van der Waals surface area contributed by atoms with Gasteiger partial charge in [0.2, 0.25) is 0 Å². The summed E-state index contributed by atoms with van der Waals surface area (Å²) in [6, 6.07) is 7.64. The number of rotatable bonds is 5. The molecular formula is C13H12Br2N2OS. The van der Waals surface area contributed by atoms with Gasteiger partial charge in [0.05, 0.1) is 19.8 Å². The molecule has 2 aromatic heterocycles. The van der Waals surface area contributed by atoms with Crippen molar-refractivity contribution >= 4 is 49.0 Å². The van der Waals surface area contributed by atoms with E-state index in [1.165, 1.54) is 11.3 Å². The minimum Gasteiger partial charge on any atom is -0.293 e. The molecule has 19 heavy (non-hydrogen) atoms. The lowest BCUT2D eigenvalue weighted by Gasteiger charge is -2.14. The van der Waals surface area contributed by atoms with E-state index in [0.717, 1.165) is 18.8 Å². The van der Waals surface area contributed by atoms with Gasteiger partial charge < -0.3 is 0 Å². The van der Waals surface area contributed by atoms with Crippen LogP contribution in [0.25, 0.3) is 0 Å². The van der Waals surface area contributed by atoms with Crippen LogP contribution in [-0.4, -0.2) is 29.3 Å². The quantitative estimate of drug-likeness (QED) is 0.707. The van der Waals surface area contributed by atoms with Crippen molar-refractivity contribution in [3.05, 3.63) is 49.3 Å². The van der Waals surface area contributed by atoms with Gasteiger partial charge >= 0.3 is 0 Å². The van der Waals surface area contributed by atoms with Crippen LogP contribution in [0.5, 0.6) is 0 Å². The molecule has 6 heteroatoms. The molecule has 0 amide bonds. The largest absolute Gasteiger partial charge is 0.293 e. The van der Waals surface area contributed by atoms with Gasteiger partial charge in [0.1, 0.15) is 0 Å². The molecule has 0 saturated carbocycles. The molecule has 0 aliphatic heterocycles. The first-order valence-corrected chi connectivity index (χ1v) is 8.03. The Labute approximate surface area is 132 Å². The number of halogens is 2. The second-order valence-electron chi connectivity index (χ2n) is 4.15. The van der Waals surface area contributed by atoms with Crippen LogP contribution in [0.4, 0.5) is 0 Å². The highest BCUT2D eigenvalue weighted by atomic mass is 79.9. The van der Waals surface area contributed by atoms with Crippen LogP contribution in [-0.2, 0) is 6.54 Å². The summed E-state index contributed by atoms with van der Waals surface area (Å²) in [6.45, 7) is 1.04. The number of hydrogen-bond acceptors (Lipinski definition) is 4. The maximum absolute atomic E-state index is 12.2. The highest BCUT2D eigenvalue weighted by molar-refractivity contribution is 9.12. The molecule has 0 aliphatic rings. The normalized spacial score (nSPS) is 10.9. The van der Waals surface area contributed by atoms with E-state index in [0.29, 0.717) is 13.1 Å². The van der Waals surface area contributed by atoms with Gasteiger partial charge in [0.15, 0.2) is 5.78 Å². The number of nitrogens with zero attached hydrogens (tertiary/aromatic N) is 2. The number of hydrogen-bond donors (Lipinski definition) is 0. The Morgan fingerprint density at radius 3 is 2.79 bits per heavy atom. The second-order valence-corrected chi connectivity index (χ2v) is 7.90. The zero-order valence-electron chi connectivity index (χ0n) is 10.3. The molecule has 2 rings (SSSR count). The van der Waals surface area contributed by atoms with Crippen LogP contribution in [0.2, 0.25) is 0 Å². The second kappa shape index (κ2) is 6.74. The van der Waals surface area contributed by atoms with Crippen molar-refractivity contribution in [1.82, 2.24) is 9.88 Å². The molecule has 0 aromatic carbocycles. The Hall–Kier alpha value is -0.560. The number of aromatic nitrogens is 1. The van der Waals surface area contributed by atoms with Crippen molar-refractivity contribution in [1.29, 1.82) is 0 Å². The smallest absolute Gasteiger partial charge is 0.178 e. The summed E-state index contributed by atoms with van der Waals surface area (Å²) >= 11 is 8.31. The standard InChI is InChI=1S/C13H12Br2N2OS/c1-17(7-9-4-2-3-5-16-9)8-11(18)10-6-12(14)19-13(10)15/h2-6H,7-8H2,1H3. The molecule has 2 heterocycles. The van der Waals surface area contributed by atoms with Gasteiger partial charge in [-0.15, -0.1) is 11.3 Å². The molecule has 3 nitrogen and oxygen atoms in total. The first-order valence-electron chi connectivity index (χ1n) is 5.62. The number of carbonyl (C=O) groups is 1.